The topological polar surface area (TPSA) is 70.7 Å². The summed E-state index contributed by atoms with van der Waals surface area (Å²) in [6.07, 6.45) is 7.86. The van der Waals surface area contributed by atoms with Crippen LogP contribution < -0.4 is 10.6 Å². The van der Waals surface area contributed by atoms with E-state index >= 15 is 0 Å². The van der Waals surface area contributed by atoms with Crippen LogP contribution in [-0.4, -0.2) is 59.2 Å². The number of ether oxygens (including phenoxy) is 1. The Labute approximate surface area is 210 Å². The van der Waals surface area contributed by atoms with Crippen molar-refractivity contribution in [1.29, 1.82) is 0 Å². The van der Waals surface area contributed by atoms with Gasteiger partial charge in [-0.15, -0.1) is 0 Å². The molecule has 2 aliphatic rings. The fraction of sp³-hybridized carbons (Fsp3) is 0.704. The maximum absolute atomic E-state index is 13.2. The van der Waals surface area contributed by atoms with Crippen molar-refractivity contribution in [2.24, 2.45) is 5.92 Å². The number of nitrogens with zero attached hydrogens (tertiary/aromatic N) is 1. The lowest BCUT2D eigenvalue weighted by atomic mass is 9.91. The molecule has 0 bridgehead atoms. The summed E-state index contributed by atoms with van der Waals surface area (Å²) >= 11 is 1.78. The second kappa shape index (κ2) is 13.4. The minimum atomic E-state index is -0.591. The van der Waals surface area contributed by atoms with Gasteiger partial charge in [-0.05, 0) is 63.7 Å². The fourth-order valence-electron chi connectivity index (χ4n) is 4.72. The minimum absolute atomic E-state index is 0.0940. The van der Waals surface area contributed by atoms with Gasteiger partial charge in [0.2, 0.25) is 5.91 Å². The zero-order valence-corrected chi connectivity index (χ0v) is 22.0. The number of amides is 2. The molecule has 2 amide bonds. The van der Waals surface area contributed by atoms with E-state index in [4.69, 9.17) is 4.74 Å². The summed E-state index contributed by atoms with van der Waals surface area (Å²) in [7, 11) is 0. The van der Waals surface area contributed by atoms with E-state index < -0.39 is 17.7 Å². The van der Waals surface area contributed by atoms with Gasteiger partial charge in [0.25, 0.3) is 0 Å². The van der Waals surface area contributed by atoms with Crippen LogP contribution in [0.25, 0.3) is 0 Å². The highest BCUT2D eigenvalue weighted by Crippen LogP contribution is 2.27. The molecule has 3 rings (SSSR count). The highest BCUT2D eigenvalue weighted by molar-refractivity contribution is 7.99. The number of rotatable bonds is 9. The van der Waals surface area contributed by atoms with Crippen molar-refractivity contribution in [2.75, 3.05) is 24.6 Å². The number of likely N-dealkylation sites (tertiary alicyclic amines) is 1. The number of hydrogen-bond acceptors (Lipinski definition) is 5. The molecule has 1 aliphatic carbocycles. The van der Waals surface area contributed by atoms with E-state index in [-0.39, 0.29) is 11.9 Å². The van der Waals surface area contributed by atoms with E-state index in [9.17, 15) is 9.59 Å². The standard InChI is InChI=1S/C27H43N3O3S/c1-27(2,3)33-26(32)29-24(20-34-19-22-12-8-5-9-13-22)25(31)28-23-14-16-30(17-15-23)18-21-10-6-4-7-11-21/h4,6-7,10-11,22-24H,5,8-9,12-20H2,1-3H3,(H,28,31)(H,29,32). The van der Waals surface area contributed by atoms with E-state index in [0.717, 1.165) is 44.1 Å². The predicted octanol–water partition coefficient (Wildman–Crippen LogP) is 4.97. The molecule has 1 saturated heterocycles. The molecular weight excluding hydrogens is 446 g/mol. The average molecular weight is 490 g/mol. The Morgan fingerprint density at radius 3 is 2.38 bits per heavy atom. The van der Waals surface area contributed by atoms with Crippen LogP contribution in [-0.2, 0) is 16.1 Å². The maximum Gasteiger partial charge on any atom is 0.408 e. The van der Waals surface area contributed by atoms with Gasteiger partial charge in [-0.2, -0.15) is 11.8 Å². The van der Waals surface area contributed by atoms with Gasteiger partial charge in [-0.3, -0.25) is 9.69 Å². The van der Waals surface area contributed by atoms with E-state index in [2.05, 4.69) is 39.8 Å². The number of nitrogens with one attached hydrogen (secondary N) is 2. The molecule has 1 saturated carbocycles. The van der Waals surface area contributed by atoms with Crippen molar-refractivity contribution in [2.45, 2.75) is 89.9 Å². The number of carbonyl (C=O) groups is 2. The van der Waals surface area contributed by atoms with Crippen molar-refractivity contribution in [1.82, 2.24) is 15.5 Å². The minimum Gasteiger partial charge on any atom is -0.444 e. The third-order valence-corrected chi connectivity index (χ3v) is 7.83. The van der Waals surface area contributed by atoms with Crippen molar-refractivity contribution >= 4 is 23.8 Å². The van der Waals surface area contributed by atoms with Crippen LogP contribution in [0.1, 0.15) is 71.3 Å². The van der Waals surface area contributed by atoms with Crippen LogP contribution >= 0.6 is 11.8 Å². The molecule has 1 aromatic carbocycles. The van der Waals surface area contributed by atoms with Gasteiger partial charge in [-0.1, -0.05) is 49.6 Å². The SMILES string of the molecule is CC(C)(C)OC(=O)NC(CSCC1CCCCC1)C(=O)NC1CCN(Cc2ccccc2)CC1. The molecule has 1 unspecified atom stereocenters. The molecule has 0 radical (unpaired) electrons. The first-order valence-corrected chi connectivity index (χ1v) is 14.1. The lowest BCUT2D eigenvalue weighted by Crippen LogP contribution is -2.53. The number of alkyl carbamates (subject to hydrolysis) is 1. The van der Waals surface area contributed by atoms with Gasteiger partial charge in [-0.25, -0.2) is 4.79 Å². The molecule has 0 spiro atoms. The largest absolute Gasteiger partial charge is 0.444 e. The molecule has 2 fully saturated rings. The third-order valence-electron chi connectivity index (χ3n) is 6.55. The highest BCUT2D eigenvalue weighted by Gasteiger charge is 2.28. The molecule has 34 heavy (non-hydrogen) atoms. The Balaban J connectivity index is 1.47. The highest BCUT2D eigenvalue weighted by atomic mass is 32.2. The van der Waals surface area contributed by atoms with Gasteiger partial charge in [0.05, 0.1) is 0 Å². The number of thioether (sulfide) groups is 1. The van der Waals surface area contributed by atoms with Crippen molar-refractivity contribution < 1.29 is 14.3 Å². The molecule has 2 N–H and O–H groups in total. The molecule has 1 atom stereocenters. The third kappa shape index (κ3) is 9.87. The smallest absolute Gasteiger partial charge is 0.408 e. The quantitative estimate of drug-likeness (QED) is 0.512. The Bertz CT molecular complexity index is 754. The molecule has 1 aliphatic heterocycles. The predicted molar refractivity (Wildman–Crippen MR) is 140 cm³/mol. The molecule has 0 aromatic heterocycles. The van der Waals surface area contributed by atoms with Crippen LogP contribution in [0.15, 0.2) is 30.3 Å². The number of benzene rings is 1. The van der Waals surface area contributed by atoms with Gasteiger partial charge in [0, 0.05) is 31.4 Å². The number of piperidine rings is 1. The zero-order chi connectivity index (χ0) is 24.4. The molecular formula is C27H43N3O3S. The zero-order valence-electron chi connectivity index (χ0n) is 21.2. The van der Waals surface area contributed by atoms with Crippen LogP contribution in [0.5, 0.6) is 0 Å². The Hall–Kier alpha value is -1.73. The average Bonchev–Trinajstić information content (AvgIpc) is 2.80. The van der Waals surface area contributed by atoms with Crippen LogP contribution in [0, 0.1) is 5.92 Å². The van der Waals surface area contributed by atoms with E-state index in [0.29, 0.717) is 5.75 Å². The monoisotopic (exact) mass is 489 g/mol. The molecule has 6 nitrogen and oxygen atoms in total. The number of hydrogen-bond donors (Lipinski definition) is 2. The molecule has 7 heteroatoms. The Kier molecular flexibility index (Phi) is 10.6. The number of carbonyl (C=O) groups excluding carboxylic acids is 2. The van der Waals surface area contributed by atoms with E-state index in [1.54, 1.807) is 11.8 Å². The van der Waals surface area contributed by atoms with Gasteiger partial charge >= 0.3 is 6.09 Å². The Morgan fingerprint density at radius 1 is 1.06 bits per heavy atom. The lowest BCUT2D eigenvalue weighted by molar-refractivity contribution is -0.123. The first-order valence-electron chi connectivity index (χ1n) is 12.9. The molecule has 1 aromatic rings. The van der Waals surface area contributed by atoms with Crippen LogP contribution in [0.4, 0.5) is 4.79 Å². The lowest BCUT2D eigenvalue weighted by Gasteiger charge is -2.33. The summed E-state index contributed by atoms with van der Waals surface area (Å²) in [6.45, 7) is 8.37. The second-order valence-electron chi connectivity index (χ2n) is 10.8. The summed E-state index contributed by atoms with van der Waals surface area (Å²) in [6, 6.07) is 10.1. The van der Waals surface area contributed by atoms with Crippen LogP contribution in [0.3, 0.4) is 0 Å². The molecule has 190 valence electrons. The Morgan fingerprint density at radius 2 is 1.74 bits per heavy atom. The summed E-state index contributed by atoms with van der Waals surface area (Å²) in [4.78, 5) is 28.0. The van der Waals surface area contributed by atoms with Crippen molar-refractivity contribution in [3.8, 4) is 0 Å². The van der Waals surface area contributed by atoms with E-state index in [1.165, 1.54) is 37.7 Å². The first kappa shape index (κ1) is 26.9. The van der Waals surface area contributed by atoms with Crippen molar-refractivity contribution in [3.05, 3.63) is 35.9 Å². The fourth-order valence-corrected chi connectivity index (χ4v) is 5.99. The van der Waals surface area contributed by atoms with E-state index in [1.807, 2.05) is 26.8 Å². The maximum atomic E-state index is 13.2. The van der Waals surface area contributed by atoms with Gasteiger partial charge in [0.15, 0.2) is 0 Å². The van der Waals surface area contributed by atoms with Crippen LogP contribution in [0.2, 0.25) is 0 Å². The summed E-state index contributed by atoms with van der Waals surface area (Å²) in [5.74, 6) is 2.27. The normalized spacial score (nSPS) is 19.4. The van der Waals surface area contributed by atoms with Crippen molar-refractivity contribution in [3.63, 3.8) is 0 Å². The van der Waals surface area contributed by atoms with Gasteiger partial charge in [0.1, 0.15) is 11.6 Å². The summed E-state index contributed by atoms with van der Waals surface area (Å²) < 4.78 is 5.43. The summed E-state index contributed by atoms with van der Waals surface area (Å²) in [5.41, 5.74) is 0.730. The summed E-state index contributed by atoms with van der Waals surface area (Å²) in [5, 5.41) is 6.05. The van der Waals surface area contributed by atoms with Gasteiger partial charge < -0.3 is 15.4 Å². The molecule has 1 heterocycles. The first-order chi connectivity index (χ1) is 16.3. The second-order valence-corrected chi connectivity index (χ2v) is 11.9.